The van der Waals surface area contributed by atoms with Gasteiger partial charge in [0, 0.05) is 19.0 Å². The first kappa shape index (κ1) is 9.82. The lowest BCUT2D eigenvalue weighted by molar-refractivity contribution is 0.387. The van der Waals surface area contributed by atoms with Crippen molar-refractivity contribution < 1.29 is 0 Å². The van der Waals surface area contributed by atoms with Gasteiger partial charge in [0.25, 0.3) is 0 Å². The van der Waals surface area contributed by atoms with Gasteiger partial charge in [-0.15, -0.1) is 11.6 Å². The second-order valence-electron chi connectivity index (χ2n) is 3.19. The lowest BCUT2D eigenvalue weighted by atomic mass is 10.1. The molecule has 0 spiro atoms. The summed E-state index contributed by atoms with van der Waals surface area (Å²) in [6.45, 7) is 2.00. The van der Waals surface area contributed by atoms with Crippen LogP contribution in [0.25, 0.3) is 0 Å². The number of halogens is 1. The molecule has 0 bridgehead atoms. The van der Waals surface area contributed by atoms with Crippen molar-refractivity contribution in [3.63, 3.8) is 0 Å². The van der Waals surface area contributed by atoms with Crippen LogP contribution in [0.3, 0.4) is 0 Å². The molecule has 0 unspecified atom stereocenters. The lowest BCUT2D eigenvalue weighted by Gasteiger charge is -2.16. The Labute approximate surface area is 79.7 Å². The molecule has 0 aromatic heterocycles. The van der Waals surface area contributed by atoms with E-state index in [-0.39, 0.29) is 0 Å². The monoisotopic (exact) mass is 185 g/mol. The molecule has 0 aromatic carbocycles. The summed E-state index contributed by atoms with van der Waals surface area (Å²) in [4.78, 5) is 2.24. The van der Waals surface area contributed by atoms with Gasteiger partial charge in [-0.2, -0.15) is 0 Å². The molecule has 1 nitrogen and oxygen atoms in total. The molecule has 0 aliphatic heterocycles. The van der Waals surface area contributed by atoms with Gasteiger partial charge in [0.05, 0.1) is 0 Å². The number of rotatable bonds is 4. The first-order valence-corrected chi connectivity index (χ1v) is 4.96. The second-order valence-corrected chi connectivity index (χ2v) is 3.56. The van der Waals surface area contributed by atoms with E-state index in [1.54, 1.807) is 0 Å². The summed E-state index contributed by atoms with van der Waals surface area (Å²) in [5.41, 5.74) is 1.42. The first-order valence-electron chi connectivity index (χ1n) is 4.43. The second kappa shape index (κ2) is 5.39. The maximum Gasteiger partial charge on any atom is 0.0351 e. The molecule has 0 saturated carbocycles. The molecule has 0 atom stereocenters. The van der Waals surface area contributed by atoms with Gasteiger partial charge in [-0.05, 0) is 25.5 Å². The van der Waals surface area contributed by atoms with E-state index in [1.165, 1.54) is 18.4 Å². The minimum Gasteiger partial charge on any atom is -0.301 e. The first-order chi connectivity index (χ1) is 5.83. The van der Waals surface area contributed by atoms with Crippen LogP contribution in [0.1, 0.15) is 12.8 Å². The molecule has 1 aliphatic rings. The zero-order valence-electron chi connectivity index (χ0n) is 7.59. The van der Waals surface area contributed by atoms with Crippen molar-refractivity contribution in [2.45, 2.75) is 12.8 Å². The van der Waals surface area contributed by atoms with Gasteiger partial charge in [0.15, 0.2) is 0 Å². The molecule has 1 aliphatic carbocycles. The Hall–Kier alpha value is -0.270. The summed E-state index contributed by atoms with van der Waals surface area (Å²) in [5, 5.41) is 0. The number of allylic oxidation sites excluding steroid dienone is 2. The molecule has 0 amide bonds. The highest BCUT2D eigenvalue weighted by Gasteiger charge is 2.01. The Balaban J connectivity index is 2.29. The number of nitrogens with zero attached hydrogens (tertiary/aromatic N) is 1. The topological polar surface area (TPSA) is 3.24 Å². The van der Waals surface area contributed by atoms with Crippen LogP contribution in [-0.2, 0) is 0 Å². The molecular weight excluding hydrogens is 170 g/mol. The number of likely N-dealkylation sites (N-methyl/N-ethyl adjacent to an activating group) is 1. The SMILES string of the molecule is CN(CCCl)CC1=CCCC=C1. The summed E-state index contributed by atoms with van der Waals surface area (Å²) < 4.78 is 0. The Morgan fingerprint density at radius 1 is 1.50 bits per heavy atom. The number of alkyl halides is 1. The minimum atomic E-state index is 0.716. The molecule has 0 heterocycles. The van der Waals surface area contributed by atoms with Crippen LogP contribution >= 0.6 is 11.6 Å². The van der Waals surface area contributed by atoms with E-state index in [2.05, 4.69) is 30.2 Å². The van der Waals surface area contributed by atoms with Crippen LogP contribution in [0.4, 0.5) is 0 Å². The van der Waals surface area contributed by atoms with Crippen LogP contribution in [0.5, 0.6) is 0 Å². The smallest absolute Gasteiger partial charge is 0.0351 e. The molecule has 0 radical (unpaired) electrons. The van der Waals surface area contributed by atoms with Crippen molar-refractivity contribution in [1.29, 1.82) is 0 Å². The molecule has 0 saturated heterocycles. The summed E-state index contributed by atoms with van der Waals surface area (Å²) >= 11 is 5.63. The molecule has 0 aromatic rings. The maximum absolute atomic E-state index is 5.63. The third-order valence-corrected chi connectivity index (χ3v) is 2.16. The van der Waals surface area contributed by atoms with Crippen molar-refractivity contribution in [2.24, 2.45) is 0 Å². The van der Waals surface area contributed by atoms with Gasteiger partial charge in [0.2, 0.25) is 0 Å². The third kappa shape index (κ3) is 3.42. The fraction of sp³-hybridized carbons (Fsp3) is 0.600. The Morgan fingerprint density at radius 2 is 2.33 bits per heavy atom. The normalized spacial score (nSPS) is 16.8. The van der Waals surface area contributed by atoms with Crippen LogP contribution in [0, 0.1) is 0 Å². The molecule has 12 heavy (non-hydrogen) atoms. The highest BCUT2D eigenvalue weighted by atomic mass is 35.5. The van der Waals surface area contributed by atoms with Crippen LogP contribution in [-0.4, -0.2) is 30.9 Å². The predicted molar refractivity (Wildman–Crippen MR) is 54.7 cm³/mol. The molecule has 0 fully saturated rings. The van der Waals surface area contributed by atoms with Gasteiger partial charge >= 0.3 is 0 Å². The average Bonchev–Trinajstić information content (AvgIpc) is 2.06. The molecule has 1 rings (SSSR count). The number of hydrogen-bond donors (Lipinski definition) is 0. The number of hydrogen-bond acceptors (Lipinski definition) is 1. The average molecular weight is 186 g/mol. The summed E-state index contributed by atoms with van der Waals surface area (Å²) in [6, 6.07) is 0. The van der Waals surface area contributed by atoms with E-state index in [1.807, 2.05) is 0 Å². The molecule has 0 N–H and O–H groups in total. The van der Waals surface area contributed by atoms with E-state index >= 15 is 0 Å². The van der Waals surface area contributed by atoms with Crippen LogP contribution < -0.4 is 0 Å². The maximum atomic E-state index is 5.63. The van der Waals surface area contributed by atoms with Gasteiger partial charge in [-0.1, -0.05) is 18.2 Å². The summed E-state index contributed by atoms with van der Waals surface area (Å²) in [5.74, 6) is 0.716. The quantitative estimate of drug-likeness (QED) is 0.609. The van der Waals surface area contributed by atoms with Gasteiger partial charge in [-0.3, -0.25) is 0 Å². The summed E-state index contributed by atoms with van der Waals surface area (Å²) in [6.07, 6.45) is 9.16. The third-order valence-electron chi connectivity index (χ3n) is 1.99. The molecular formula is C10H16ClN. The standard InChI is InChI=1S/C10H16ClN/c1-12(8-7-11)9-10-5-3-2-4-6-10/h3,5-6H,2,4,7-9H2,1H3. The van der Waals surface area contributed by atoms with Gasteiger partial charge < -0.3 is 4.90 Å². The zero-order valence-corrected chi connectivity index (χ0v) is 8.35. The zero-order chi connectivity index (χ0) is 8.81. The molecule has 68 valence electrons. The van der Waals surface area contributed by atoms with E-state index in [4.69, 9.17) is 11.6 Å². The minimum absolute atomic E-state index is 0.716. The van der Waals surface area contributed by atoms with E-state index in [0.717, 1.165) is 13.1 Å². The van der Waals surface area contributed by atoms with Gasteiger partial charge in [-0.25, -0.2) is 0 Å². The van der Waals surface area contributed by atoms with E-state index in [0.29, 0.717) is 5.88 Å². The highest BCUT2D eigenvalue weighted by molar-refractivity contribution is 6.18. The van der Waals surface area contributed by atoms with Crippen molar-refractivity contribution in [3.8, 4) is 0 Å². The van der Waals surface area contributed by atoms with Crippen LogP contribution in [0.2, 0.25) is 0 Å². The summed E-state index contributed by atoms with van der Waals surface area (Å²) in [7, 11) is 2.10. The fourth-order valence-electron chi connectivity index (χ4n) is 1.32. The van der Waals surface area contributed by atoms with Crippen LogP contribution in [0.15, 0.2) is 23.8 Å². The Morgan fingerprint density at radius 3 is 2.92 bits per heavy atom. The Kier molecular flexibility index (Phi) is 4.41. The van der Waals surface area contributed by atoms with E-state index < -0.39 is 0 Å². The predicted octanol–water partition coefficient (Wildman–Crippen LogP) is 2.43. The highest BCUT2D eigenvalue weighted by Crippen LogP contribution is 2.10. The van der Waals surface area contributed by atoms with E-state index in [9.17, 15) is 0 Å². The van der Waals surface area contributed by atoms with Crippen molar-refractivity contribution in [2.75, 3.05) is 26.0 Å². The van der Waals surface area contributed by atoms with Crippen molar-refractivity contribution >= 4 is 11.6 Å². The van der Waals surface area contributed by atoms with Crippen molar-refractivity contribution in [3.05, 3.63) is 23.8 Å². The molecule has 2 heteroatoms. The largest absolute Gasteiger partial charge is 0.301 e. The van der Waals surface area contributed by atoms with Gasteiger partial charge in [0.1, 0.15) is 0 Å². The lowest BCUT2D eigenvalue weighted by Crippen LogP contribution is -2.23. The van der Waals surface area contributed by atoms with Crippen molar-refractivity contribution in [1.82, 2.24) is 4.90 Å². The Bertz CT molecular complexity index is 184. The fourth-order valence-corrected chi connectivity index (χ4v) is 1.61.